The molecule has 1 amide bonds. The van der Waals surface area contributed by atoms with Gasteiger partial charge in [-0.3, -0.25) is 4.90 Å². The molecular formula is C13H19NO4S. The van der Waals surface area contributed by atoms with E-state index < -0.39 is 23.7 Å². The van der Waals surface area contributed by atoms with Crippen molar-refractivity contribution >= 4 is 28.4 Å². The molecule has 0 aliphatic rings. The number of aliphatic carboxylic acids is 1. The lowest BCUT2D eigenvalue weighted by molar-refractivity contribution is -0.138. The Morgan fingerprint density at radius 1 is 1.42 bits per heavy atom. The number of anilines is 1. The van der Waals surface area contributed by atoms with Crippen LogP contribution >= 0.6 is 11.3 Å². The zero-order valence-corrected chi connectivity index (χ0v) is 12.6. The van der Waals surface area contributed by atoms with Gasteiger partial charge in [0, 0.05) is 0 Å². The molecule has 1 aromatic rings. The standard InChI is InChI=1S/C13H19NO4S/c1-8-6-7-19-10(8)14(9(2)11(15)16)12(17)18-13(3,4)5/h6-7,9H,1-5H3,(H,15,16). The van der Waals surface area contributed by atoms with Gasteiger partial charge in [0.2, 0.25) is 0 Å². The van der Waals surface area contributed by atoms with Crippen LogP contribution in [0.5, 0.6) is 0 Å². The van der Waals surface area contributed by atoms with E-state index in [4.69, 9.17) is 9.84 Å². The molecule has 1 heterocycles. The van der Waals surface area contributed by atoms with E-state index in [0.29, 0.717) is 5.00 Å². The maximum Gasteiger partial charge on any atom is 0.416 e. The number of carbonyl (C=O) groups excluding carboxylic acids is 1. The van der Waals surface area contributed by atoms with Crippen LogP contribution in [0.3, 0.4) is 0 Å². The summed E-state index contributed by atoms with van der Waals surface area (Å²) >= 11 is 1.32. The number of carbonyl (C=O) groups is 2. The molecule has 19 heavy (non-hydrogen) atoms. The molecule has 6 heteroatoms. The van der Waals surface area contributed by atoms with Crippen molar-refractivity contribution in [2.75, 3.05) is 4.90 Å². The van der Waals surface area contributed by atoms with Crippen LogP contribution in [0.4, 0.5) is 9.80 Å². The average Bonchev–Trinajstić information content (AvgIpc) is 2.62. The first-order chi connectivity index (χ1) is 8.63. The lowest BCUT2D eigenvalue weighted by atomic mass is 10.2. The Balaban J connectivity index is 3.10. The number of hydrogen-bond donors (Lipinski definition) is 1. The number of hydrogen-bond acceptors (Lipinski definition) is 4. The molecule has 1 atom stereocenters. The van der Waals surface area contributed by atoms with Crippen LogP contribution in [0.2, 0.25) is 0 Å². The van der Waals surface area contributed by atoms with Gasteiger partial charge in [0.25, 0.3) is 0 Å². The Bertz CT molecular complexity index is 475. The molecule has 1 unspecified atom stereocenters. The number of nitrogens with zero attached hydrogens (tertiary/aromatic N) is 1. The van der Waals surface area contributed by atoms with Gasteiger partial charge in [-0.25, -0.2) is 9.59 Å². The second-order valence-corrected chi connectivity index (χ2v) is 6.17. The molecule has 0 saturated carbocycles. The van der Waals surface area contributed by atoms with Crippen molar-refractivity contribution in [2.24, 2.45) is 0 Å². The summed E-state index contributed by atoms with van der Waals surface area (Å²) in [7, 11) is 0. The maximum absolute atomic E-state index is 12.2. The molecule has 5 nitrogen and oxygen atoms in total. The number of carboxylic acid groups (broad SMARTS) is 1. The van der Waals surface area contributed by atoms with Gasteiger partial charge in [-0.1, -0.05) is 0 Å². The summed E-state index contributed by atoms with van der Waals surface area (Å²) in [5, 5.41) is 11.6. The molecule has 0 radical (unpaired) electrons. The summed E-state index contributed by atoms with van der Waals surface area (Å²) in [5.74, 6) is -1.07. The van der Waals surface area contributed by atoms with Crippen molar-refractivity contribution in [1.29, 1.82) is 0 Å². The molecule has 0 bridgehead atoms. The third kappa shape index (κ3) is 3.96. The van der Waals surface area contributed by atoms with E-state index in [9.17, 15) is 9.59 Å². The maximum atomic E-state index is 12.2. The van der Waals surface area contributed by atoms with E-state index >= 15 is 0 Å². The van der Waals surface area contributed by atoms with Crippen molar-refractivity contribution in [2.45, 2.75) is 46.3 Å². The fraction of sp³-hybridized carbons (Fsp3) is 0.538. The molecule has 0 fully saturated rings. The van der Waals surface area contributed by atoms with Gasteiger partial charge in [0.05, 0.1) is 0 Å². The normalized spacial score (nSPS) is 12.9. The van der Waals surface area contributed by atoms with Crippen molar-refractivity contribution in [3.05, 3.63) is 17.0 Å². The molecule has 0 aliphatic carbocycles. The zero-order chi connectivity index (χ0) is 14.8. The minimum Gasteiger partial charge on any atom is -0.480 e. The largest absolute Gasteiger partial charge is 0.480 e. The molecule has 106 valence electrons. The predicted molar refractivity (Wildman–Crippen MR) is 74.9 cm³/mol. The Kier molecular flexibility index (Phi) is 4.57. The number of thiophene rings is 1. The lowest BCUT2D eigenvalue weighted by Gasteiger charge is -2.29. The third-order valence-corrected chi connectivity index (χ3v) is 3.40. The van der Waals surface area contributed by atoms with Gasteiger partial charge in [0.1, 0.15) is 16.6 Å². The Hall–Kier alpha value is -1.56. The first kappa shape index (κ1) is 15.5. The highest BCUT2D eigenvalue weighted by Crippen LogP contribution is 2.30. The molecule has 1 aromatic heterocycles. The lowest BCUT2D eigenvalue weighted by Crippen LogP contribution is -2.45. The van der Waals surface area contributed by atoms with Gasteiger partial charge >= 0.3 is 12.1 Å². The second kappa shape index (κ2) is 5.61. The summed E-state index contributed by atoms with van der Waals surface area (Å²) in [6.45, 7) is 8.53. The van der Waals surface area contributed by atoms with Crippen LogP contribution < -0.4 is 4.90 Å². The van der Waals surface area contributed by atoms with Crippen molar-refractivity contribution in [3.63, 3.8) is 0 Å². The SMILES string of the molecule is Cc1ccsc1N(C(=O)OC(C)(C)C)C(C)C(=O)O. The highest BCUT2D eigenvalue weighted by Gasteiger charge is 2.32. The fourth-order valence-electron chi connectivity index (χ4n) is 1.45. The first-order valence-corrected chi connectivity index (χ1v) is 6.80. The second-order valence-electron chi connectivity index (χ2n) is 5.27. The minimum atomic E-state index is -1.07. The van der Waals surface area contributed by atoms with Crippen molar-refractivity contribution < 1.29 is 19.4 Å². The molecule has 1 N–H and O–H groups in total. The Morgan fingerprint density at radius 2 is 2.00 bits per heavy atom. The summed E-state index contributed by atoms with van der Waals surface area (Å²) in [6, 6.07) is 0.860. The number of amides is 1. The Morgan fingerprint density at radius 3 is 2.37 bits per heavy atom. The van der Waals surface area contributed by atoms with Crippen molar-refractivity contribution in [3.8, 4) is 0 Å². The molecule has 0 saturated heterocycles. The zero-order valence-electron chi connectivity index (χ0n) is 11.8. The van der Waals surface area contributed by atoms with Crippen LogP contribution in [-0.4, -0.2) is 28.8 Å². The molecule has 1 rings (SSSR count). The molecule has 0 spiro atoms. The van der Waals surface area contributed by atoms with Crippen LogP contribution in [0.25, 0.3) is 0 Å². The first-order valence-electron chi connectivity index (χ1n) is 5.92. The van der Waals surface area contributed by atoms with E-state index in [1.807, 2.05) is 18.4 Å². The highest BCUT2D eigenvalue weighted by atomic mass is 32.1. The van der Waals surface area contributed by atoms with Crippen molar-refractivity contribution in [1.82, 2.24) is 0 Å². The molecule has 0 aromatic carbocycles. The number of rotatable bonds is 3. The summed E-state index contributed by atoms with van der Waals surface area (Å²) in [4.78, 5) is 24.6. The quantitative estimate of drug-likeness (QED) is 0.925. The van der Waals surface area contributed by atoms with E-state index in [-0.39, 0.29) is 0 Å². The van der Waals surface area contributed by atoms with E-state index in [1.54, 1.807) is 20.8 Å². The summed E-state index contributed by atoms with van der Waals surface area (Å²) in [6.07, 6.45) is -0.645. The Labute approximate surface area is 116 Å². The van der Waals surface area contributed by atoms with Crippen LogP contribution in [0, 0.1) is 6.92 Å². The number of ether oxygens (including phenoxy) is 1. The minimum absolute atomic E-state index is 0.601. The van der Waals surface area contributed by atoms with Gasteiger partial charge in [-0.15, -0.1) is 11.3 Å². The third-order valence-electron chi connectivity index (χ3n) is 2.39. The number of carboxylic acids is 1. The highest BCUT2D eigenvalue weighted by molar-refractivity contribution is 7.14. The summed E-state index contributed by atoms with van der Waals surface area (Å²) < 4.78 is 5.28. The van der Waals surface area contributed by atoms with E-state index in [1.165, 1.54) is 23.2 Å². The topological polar surface area (TPSA) is 66.8 Å². The number of aryl methyl sites for hydroxylation is 1. The van der Waals surface area contributed by atoms with Crippen LogP contribution in [0.15, 0.2) is 11.4 Å². The molecule has 0 aliphatic heterocycles. The fourth-order valence-corrected chi connectivity index (χ4v) is 2.45. The van der Waals surface area contributed by atoms with Gasteiger partial charge < -0.3 is 9.84 Å². The smallest absolute Gasteiger partial charge is 0.416 e. The predicted octanol–water partition coefficient (Wildman–Crippen LogP) is 3.27. The van der Waals surface area contributed by atoms with Gasteiger partial charge in [-0.2, -0.15) is 0 Å². The van der Waals surface area contributed by atoms with E-state index in [2.05, 4.69) is 0 Å². The van der Waals surface area contributed by atoms with E-state index in [0.717, 1.165) is 5.56 Å². The van der Waals surface area contributed by atoms with Crippen LogP contribution in [-0.2, 0) is 9.53 Å². The average molecular weight is 285 g/mol. The monoisotopic (exact) mass is 285 g/mol. The van der Waals surface area contributed by atoms with Crippen LogP contribution in [0.1, 0.15) is 33.3 Å². The van der Waals surface area contributed by atoms with Gasteiger partial charge in [0.15, 0.2) is 0 Å². The summed E-state index contributed by atoms with van der Waals surface area (Å²) in [5.41, 5.74) is 0.183. The van der Waals surface area contributed by atoms with Gasteiger partial charge in [-0.05, 0) is 51.6 Å². The molecular weight excluding hydrogens is 266 g/mol.